The van der Waals surface area contributed by atoms with Crippen LogP contribution in [0.4, 0.5) is 4.79 Å². The number of para-hydroxylation sites is 2. The Morgan fingerprint density at radius 3 is 2.41 bits per heavy atom. The zero-order chi connectivity index (χ0) is 19.4. The van der Waals surface area contributed by atoms with Gasteiger partial charge in [0.05, 0.1) is 20.2 Å². The third kappa shape index (κ3) is 5.26. The summed E-state index contributed by atoms with van der Waals surface area (Å²) in [5.74, 6) is 1.44. The maximum atomic E-state index is 12.6. The first-order valence-corrected chi connectivity index (χ1v) is 9.64. The Hall–Kier alpha value is -1.99. The van der Waals surface area contributed by atoms with E-state index in [-0.39, 0.29) is 17.7 Å². The van der Waals surface area contributed by atoms with Crippen LogP contribution >= 0.6 is 0 Å². The molecule has 0 aliphatic carbocycles. The molecule has 3 rings (SSSR count). The molecule has 1 aromatic carbocycles. The Bertz CT molecular complexity index is 638. The summed E-state index contributed by atoms with van der Waals surface area (Å²) in [6, 6.07) is 7.57. The SMILES string of the molecule is COc1ccccc1OC1CN(C(=O)NC(C)(C)CN2CCN(C)CC2)C1. The van der Waals surface area contributed by atoms with Gasteiger partial charge in [0.2, 0.25) is 0 Å². The van der Waals surface area contributed by atoms with Crippen molar-refractivity contribution >= 4 is 6.03 Å². The Morgan fingerprint density at radius 1 is 1.15 bits per heavy atom. The predicted molar refractivity (Wildman–Crippen MR) is 106 cm³/mol. The van der Waals surface area contributed by atoms with E-state index in [1.165, 1.54) is 0 Å². The summed E-state index contributed by atoms with van der Waals surface area (Å²) in [5.41, 5.74) is -0.262. The van der Waals surface area contributed by atoms with Gasteiger partial charge in [0.25, 0.3) is 0 Å². The smallest absolute Gasteiger partial charge is 0.318 e. The normalized spacial score (nSPS) is 19.5. The first kappa shape index (κ1) is 19.8. The highest BCUT2D eigenvalue weighted by Crippen LogP contribution is 2.28. The monoisotopic (exact) mass is 376 g/mol. The minimum absolute atomic E-state index is 0.00722. The number of nitrogens with zero attached hydrogens (tertiary/aromatic N) is 3. The molecule has 0 saturated carbocycles. The van der Waals surface area contributed by atoms with E-state index in [4.69, 9.17) is 9.47 Å². The van der Waals surface area contributed by atoms with Crippen LogP contribution in [0.3, 0.4) is 0 Å². The van der Waals surface area contributed by atoms with Gasteiger partial charge in [0.15, 0.2) is 11.5 Å². The summed E-state index contributed by atoms with van der Waals surface area (Å²) >= 11 is 0. The molecule has 0 spiro atoms. The van der Waals surface area contributed by atoms with Crippen molar-refractivity contribution in [1.29, 1.82) is 0 Å². The van der Waals surface area contributed by atoms with Crippen LogP contribution in [0.5, 0.6) is 11.5 Å². The molecule has 2 aliphatic rings. The number of likely N-dealkylation sites (tertiary alicyclic amines) is 1. The largest absolute Gasteiger partial charge is 0.493 e. The molecule has 0 aromatic heterocycles. The van der Waals surface area contributed by atoms with Crippen LogP contribution in [0.15, 0.2) is 24.3 Å². The Kier molecular flexibility index (Phi) is 6.11. The lowest BCUT2D eigenvalue weighted by Crippen LogP contribution is -2.63. The lowest BCUT2D eigenvalue weighted by Gasteiger charge is -2.42. The maximum Gasteiger partial charge on any atom is 0.318 e. The Morgan fingerprint density at radius 2 is 1.78 bits per heavy atom. The van der Waals surface area contributed by atoms with E-state index in [0.29, 0.717) is 18.8 Å². The lowest BCUT2D eigenvalue weighted by molar-refractivity contribution is 0.0385. The molecule has 2 amide bonds. The zero-order valence-corrected chi connectivity index (χ0v) is 16.9. The molecule has 2 heterocycles. The number of nitrogens with one attached hydrogen (secondary N) is 1. The summed E-state index contributed by atoms with van der Waals surface area (Å²) < 4.78 is 11.3. The fourth-order valence-corrected chi connectivity index (χ4v) is 3.55. The first-order valence-electron chi connectivity index (χ1n) is 9.64. The minimum atomic E-state index is -0.262. The van der Waals surface area contributed by atoms with Crippen molar-refractivity contribution in [2.24, 2.45) is 0 Å². The highest BCUT2D eigenvalue weighted by atomic mass is 16.5. The molecule has 2 aliphatic heterocycles. The minimum Gasteiger partial charge on any atom is -0.493 e. The van der Waals surface area contributed by atoms with Crippen molar-refractivity contribution < 1.29 is 14.3 Å². The third-order valence-corrected chi connectivity index (χ3v) is 5.16. The molecular formula is C20H32N4O3. The molecule has 1 aromatic rings. The van der Waals surface area contributed by atoms with Gasteiger partial charge in [0.1, 0.15) is 6.10 Å². The molecular weight excluding hydrogens is 344 g/mol. The number of hydrogen-bond donors (Lipinski definition) is 1. The molecule has 7 heteroatoms. The Labute approximate surface area is 162 Å². The second kappa shape index (κ2) is 8.35. The van der Waals surface area contributed by atoms with Crippen LogP contribution < -0.4 is 14.8 Å². The van der Waals surface area contributed by atoms with E-state index in [1.54, 1.807) is 12.0 Å². The highest BCUT2D eigenvalue weighted by Gasteiger charge is 2.35. The van der Waals surface area contributed by atoms with Crippen LogP contribution in [0.2, 0.25) is 0 Å². The van der Waals surface area contributed by atoms with E-state index in [2.05, 4.69) is 36.0 Å². The maximum absolute atomic E-state index is 12.6. The van der Waals surface area contributed by atoms with Gasteiger partial charge in [-0.2, -0.15) is 0 Å². The molecule has 0 unspecified atom stereocenters. The molecule has 7 nitrogen and oxygen atoms in total. The fraction of sp³-hybridized carbons (Fsp3) is 0.650. The third-order valence-electron chi connectivity index (χ3n) is 5.16. The number of carbonyl (C=O) groups excluding carboxylic acids is 1. The van der Waals surface area contributed by atoms with Crippen LogP contribution in [0, 0.1) is 0 Å². The number of ether oxygens (including phenoxy) is 2. The van der Waals surface area contributed by atoms with E-state index in [0.717, 1.165) is 38.5 Å². The predicted octanol–water partition coefficient (Wildman–Crippen LogP) is 1.49. The number of benzene rings is 1. The van der Waals surface area contributed by atoms with Gasteiger partial charge in [-0.1, -0.05) is 12.1 Å². The number of carbonyl (C=O) groups is 1. The molecule has 0 atom stereocenters. The van der Waals surface area contributed by atoms with Crippen molar-refractivity contribution in [2.75, 3.05) is 60.0 Å². The summed E-state index contributed by atoms with van der Waals surface area (Å²) in [6.45, 7) is 10.5. The molecule has 27 heavy (non-hydrogen) atoms. The number of urea groups is 1. The lowest BCUT2D eigenvalue weighted by atomic mass is 10.0. The number of likely N-dealkylation sites (N-methyl/N-ethyl adjacent to an activating group) is 1. The van der Waals surface area contributed by atoms with Crippen molar-refractivity contribution in [3.05, 3.63) is 24.3 Å². The number of methoxy groups -OCH3 is 1. The summed E-state index contributed by atoms with van der Waals surface area (Å²) in [6.07, 6.45) is 0.00722. The molecule has 2 fully saturated rings. The summed E-state index contributed by atoms with van der Waals surface area (Å²) in [7, 11) is 3.78. The van der Waals surface area contributed by atoms with Crippen LogP contribution in [-0.2, 0) is 0 Å². The van der Waals surface area contributed by atoms with Gasteiger partial charge < -0.3 is 24.6 Å². The van der Waals surface area contributed by atoms with E-state index in [9.17, 15) is 4.79 Å². The quantitative estimate of drug-likeness (QED) is 0.815. The summed E-state index contributed by atoms with van der Waals surface area (Å²) in [4.78, 5) is 19.1. The van der Waals surface area contributed by atoms with Crippen molar-refractivity contribution in [2.45, 2.75) is 25.5 Å². The van der Waals surface area contributed by atoms with Crippen LogP contribution in [0.25, 0.3) is 0 Å². The second-order valence-electron chi connectivity index (χ2n) is 8.19. The molecule has 0 bridgehead atoms. The Balaban J connectivity index is 1.43. The number of rotatable bonds is 6. The molecule has 2 saturated heterocycles. The average molecular weight is 377 g/mol. The van der Waals surface area contributed by atoms with Gasteiger partial charge in [-0.15, -0.1) is 0 Å². The standard InChI is InChI=1S/C20H32N4O3/c1-20(2,15-23-11-9-22(3)10-12-23)21-19(25)24-13-16(14-24)27-18-8-6-5-7-17(18)26-4/h5-8,16H,9-15H2,1-4H3,(H,21,25). The summed E-state index contributed by atoms with van der Waals surface area (Å²) in [5, 5.41) is 3.18. The van der Waals surface area contributed by atoms with Gasteiger partial charge in [-0.05, 0) is 33.0 Å². The van der Waals surface area contributed by atoms with Gasteiger partial charge in [-0.25, -0.2) is 4.79 Å². The topological polar surface area (TPSA) is 57.3 Å². The van der Waals surface area contributed by atoms with Gasteiger partial charge in [0, 0.05) is 38.3 Å². The average Bonchev–Trinajstić information content (AvgIpc) is 2.59. The molecule has 0 radical (unpaired) electrons. The van der Waals surface area contributed by atoms with Crippen molar-refractivity contribution in [3.63, 3.8) is 0 Å². The van der Waals surface area contributed by atoms with Gasteiger partial charge in [-0.3, -0.25) is 4.90 Å². The second-order valence-corrected chi connectivity index (χ2v) is 8.19. The number of amides is 2. The fourth-order valence-electron chi connectivity index (χ4n) is 3.55. The van der Waals surface area contributed by atoms with E-state index < -0.39 is 0 Å². The highest BCUT2D eigenvalue weighted by molar-refractivity contribution is 5.76. The molecule has 150 valence electrons. The van der Waals surface area contributed by atoms with E-state index in [1.807, 2.05) is 24.3 Å². The van der Waals surface area contributed by atoms with Crippen LogP contribution in [0.1, 0.15) is 13.8 Å². The zero-order valence-electron chi connectivity index (χ0n) is 16.9. The number of hydrogen-bond acceptors (Lipinski definition) is 5. The van der Waals surface area contributed by atoms with E-state index >= 15 is 0 Å². The molecule has 1 N–H and O–H groups in total. The van der Waals surface area contributed by atoms with Crippen LogP contribution in [-0.4, -0.2) is 92.3 Å². The van der Waals surface area contributed by atoms with Crippen molar-refractivity contribution in [1.82, 2.24) is 20.0 Å². The first-order chi connectivity index (χ1) is 12.9. The van der Waals surface area contributed by atoms with Crippen molar-refractivity contribution in [3.8, 4) is 11.5 Å². The number of piperazine rings is 1. The van der Waals surface area contributed by atoms with Gasteiger partial charge >= 0.3 is 6.03 Å².